The zero-order valence-electron chi connectivity index (χ0n) is 14.4. The molecular formula is C16H19N3O5S2. The maximum absolute atomic E-state index is 12.3. The molecule has 3 rings (SSSR count). The van der Waals surface area contributed by atoms with Gasteiger partial charge in [-0.25, -0.2) is 8.42 Å². The lowest BCUT2D eigenvalue weighted by Crippen LogP contribution is -2.38. The van der Waals surface area contributed by atoms with E-state index in [1.54, 1.807) is 38.4 Å². The molecule has 1 fully saturated rings. The number of hydrogen-bond donors (Lipinski definition) is 0. The highest BCUT2D eigenvalue weighted by atomic mass is 32.2. The van der Waals surface area contributed by atoms with Crippen molar-refractivity contribution in [2.75, 3.05) is 31.4 Å². The van der Waals surface area contributed by atoms with Crippen molar-refractivity contribution in [3.05, 3.63) is 24.3 Å². The highest BCUT2D eigenvalue weighted by Crippen LogP contribution is 2.25. The van der Waals surface area contributed by atoms with Gasteiger partial charge in [-0.2, -0.15) is 0 Å². The molecule has 0 spiro atoms. The third-order valence-electron chi connectivity index (χ3n) is 4.21. The SMILES string of the molecule is COc1ccc(-c2nnc(SCC(=O)N(C)C3CCS(=O)(=O)C3)o2)cc1. The van der Waals surface area contributed by atoms with Gasteiger partial charge in [0, 0.05) is 18.7 Å². The molecule has 2 heterocycles. The van der Waals surface area contributed by atoms with E-state index < -0.39 is 9.84 Å². The summed E-state index contributed by atoms with van der Waals surface area (Å²) in [5.74, 6) is 1.20. The highest BCUT2D eigenvalue weighted by molar-refractivity contribution is 7.99. The molecule has 0 bridgehead atoms. The van der Waals surface area contributed by atoms with E-state index in [0.717, 1.165) is 23.1 Å². The van der Waals surface area contributed by atoms with Gasteiger partial charge in [0.15, 0.2) is 9.84 Å². The van der Waals surface area contributed by atoms with Crippen LogP contribution in [0.25, 0.3) is 11.5 Å². The summed E-state index contributed by atoms with van der Waals surface area (Å²) in [4.78, 5) is 13.8. The fraction of sp³-hybridized carbons (Fsp3) is 0.438. The van der Waals surface area contributed by atoms with Crippen molar-refractivity contribution in [2.24, 2.45) is 0 Å². The molecule has 2 aromatic rings. The van der Waals surface area contributed by atoms with E-state index in [1.165, 1.54) is 4.90 Å². The summed E-state index contributed by atoms with van der Waals surface area (Å²) < 4.78 is 33.7. The van der Waals surface area contributed by atoms with Crippen LogP contribution in [0, 0.1) is 0 Å². The molecule has 0 saturated carbocycles. The second-order valence-corrected chi connectivity index (χ2v) is 9.11. The fourth-order valence-corrected chi connectivity index (χ4v) is 5.09. The first kappa shape index (κ1) is 18.7. The minimum absolute atomic E-state index is 0.0298. The second-order valence-electron chi connectivity index (χ2n) is 5.95. The van der Waals surface area contributed by atoms with Crippen LogP contribution in [0.15, 0.2) is 33.9 Å². The van der Waals surface area contributed by atoms with Gasteiger partial charge in [-0.05, 0) is 30.7 Å². The van der Waals surface area contributed by atoms with E-state index in [9.17, 15) is 13.2 Å². The molecule has 0 aliphatic carbocycles. The summed E-state index contributed by atoms with van der Waals surface area (Å²) in [6.45, 7) is 0. The smallest absolute Gasteiger partial charge is 0.277 e. The Hall–Kier alpha value is -2.07. The summed E-state index contributed by atoms with van der Waals surface area (Å²) in [5, 5.41) is 8.20. The molecule has 1 unspecified atom stereocenters. The number of aromatic nitrogens is 2. The van der Waals surface area contributed by atoms with Crippen molar-refractivity contribution in [1.82, 2.24) is 15.1 Å². The summed E-state index contributed by atoms with van der Waals surface area (Å²) in [5.41, 5.74) is 0.754. The molecule has 8 nitrogen and oxygen atoms in total. The molecule has 1 aromatic heterocycles. The Kier molecular flexibility index (Phi) is 5.52. The summed E-state index contributed by atoms with van der Waals surface area (Å²) in [6, 6.07) is 6.94. The first-order chi connectivity index (χ1) is 12.4. The van der Waals surface area contributed by atoms with Crippen LogP contribution in [0.4, 0.5) is 0 Å². The standard InChI is InChI=1S/C16H19N3O5S2/c1-19(12-7-8-26(21,22)10-12)14(20)9-25-16-18-17-15(24-16)11-3-5-13(23-2)6-4-11/h3-6,12H,7-10H2,1-2H3. The fourth-order valence-electron chi connectivity index (χ4n) is 2.63. The Labute approximate surface area is 155 Å². The van der Waals surface area contributed by atoms with E-state index in [4.69, 9.17) is 9.15 Å². The third kappa shape index (κ3) is 4.36. The number of sulfone groups is 1. The van der Waals surface area contributed by atoms with Crippen molar-refractivity contribution >= 4 is 27.5 Å². The Bertz CT molecular complexity index is 880. The van der Waals surface area contributed by atoms with Gasteiger partial charge >= 0.3 is 0 Å². The average Bonchev–Trinajstić information content (AvgIpc) is 3.25. The zero-order valence-corrected chi connectivity index (χ0v) is 16.0. The number of benzene rings is 1. The van der Waals surface area contributed by atoms with Gasteiger partial charge < -0.3 is 14.1 Å². The first-order valence-corrected chi connectivity index (χ1v) is 10.8. The second kappa shape index (κ2) is 7.67. The van der Waals surface area contributed by atoms with E-state index in [-0.39, 0.29) is 34.4 Å². The Morgan fingerprint density at radius 3 is 2.69 bits per heavy atom. The number of ether oxygens (including phenoxy) is 1. The number of hydrogen-bond acceptors (Lipinski definition) is 8. The van der Waals surface area contributed by atoms with E-state index >= 15 is 0 Å². The van der Waals surface area contributed by atoms with Gasteiger partial charge in [0.05, 0.1) is 24.4 Å². The molecule has 0 N–H and O–H groups in total. The minimum atomic E-state index is -3.02. The molecule has 0 radical (unpaired) electrons. The number of methoxy groups -OCH3 is 1. The predicted octanol–water partition coefficient (Wildman–Crippen LogP) is 1.48. The van der Waals surface area contributed by atoms with Crippen molar-refractivity contribution in [2.45, 2.75) is 17.7 Å². The van der Waals surface area contributed by atoms with Crippen LogP contribution in [0.2, 0.25) is 0 Å². The largest absolute Gasteiger partial charge is 0.497 e. The molecule has 1 atom stereocenters. The third-order valence-corrected chi connectivity index (χ3v) is 6.77. The Morgan fingerprint density at radius 1 is 1.35 bits per heavy atom. The Balaban J connectivity index is 1.56. The van der Waals surface area contributed by atoms with Gasteiger partial charge in [-0.3, -0.25) is 4.79 Å². The van der Waals surface area contributed by atoms with Crippen LogP contribution in [0.5, 0.6) is 5.75 Å². The number of carbonyl (C=O) groups is 1. The van der Waals surface area contributed by atoms with Crippen LogP contribution in [0.1, 0.15) is 6.42 Å². The monoisotopic (exact) mass is 397 g/mol. The quantitative estimate of drug-likeness (QED) is 0.676. The van der Waals surface area contributed by atoms with Gasteiger partial charge in [0.25, 0.3) is 5.22 Å². The number of thioether (sulfide) groups is 1. The molecule has 1 saturated heterocycles. The average molecular weight is 397 g/mol. The van der Waals surface area contributed by atoms with Gasteiger partial charge in [0.2, 0.25) is 11.8 Å². The molecule has 1 amide bonds. The van der Waals surface area contributed by atoms with E-state index in [2.05, 4.69) is 10.2 Å². The lowest BCUT2D eigenvalue weighted by Gasteiger charge is -2.22. The molecule has 26 heavy (non-hydrogen) atoms. The number of nitrogens with zero attached hydrogens (tertiary/aromatic N) is 3. The number of rotatable bonds is 6. The van der Waals surface area contributed by atoms with Crippen molar-refractivity contribution in [3.63, 3.8) is 0 Å². The predicted molar refractivity (Wildman–Crippen MR) is 96.8 cm³/mol. The zero-order chi connectivity index (χ0) is 18.7. The van der Waals surface area contributed by atoms with Crippen LogP contribution in [-0.4, -0.2) is 66.9 Å². The van der Waals surface area contributed by atoms with E-state index in [0.29, 0.717) is 12.3 Å². The van der Waals surface area contributed by atoms with E-state index in [1.807, 2.05) is 0 Å². The number of carbonyl (C=O) groups excluding carboxylic acids is 1. The van der Waals surface area contributed by atoms with Crippen molar-refractivity contribution < 1.29 is 22.4 Å². The van der Waals surface area contributed by atoms with Crippen LogP contribution in [0.3, 0.4) is 0 Å². The van der Waals surface area contributed by atoms with Gasteiger partial charge in [-0.1, -0.05) is 11.8 Å². The summed E-state index contributed by atoms with van der Waals surface area (Å²) in [7, 11) is 0.195. The summed E-state index contributed by atoms with van der Waals surface area (Å²) >= 11 is 1.13. The van der Waals surface area contributed by atoms with Crippen molar-refractivity contribution in [1.29, 1.82) is 0 Å². The molecule has 140 valence electrons. The molecule has 1 aliphatic rings. The molecular weight excluding hydrogens is 378 g/mol. The lowest BCUT2D eigenvalue weighted by atomic mass is 10.2. The highest BCUT2D eigenvalue weighted by Gasteiger charge is 2.32. The lowest BCUT2D eigenvalue weighted by molar-refractivity contribution is -0.128. The van der Waals surface area contributed by atoms with Crippen LogP contribution >= 0.6 is 11.8 Å². The van der Waals surface area contributed by atoms with Gasteiger partial charge in [0.1, 0.15) is 5.75 Å². The van der Waals surface area contributed by atoms with Crippen molar-refractivity contribution in [3.8, 4) is 17.2 Å². The Morgan fingerprint density at radius 2 is 2.08 bits per heavy atom. The van der Waals surface area contributed by atoms with Crippen LogP contribution in [-0.2, 0) is 14.6 Å². The van der Waals surface area contributed by atoms with Gasteiger partial charge in [-0.15, -0.1) is 10.2 Å². The van der Waals surface area contributed by atoms with Crippen LogP contribution < -0.4 is 4.74 Å². The normalized spacial score (nSPS) is 18.6. The first-order valence-electron chi connectivity index (χ1n) is 7.95. The maximum atomic E-state index is 12.3. The maximum Gasteiger partial charge on any atom is 0.277 e. The minimum Gasteiger partial charge on any atom is -0.497 e. The molecule has 1 aliphatic heterocycles. The molecule has 1 aromatic carbocycles. The molecule has 10 heteroatoms. The topological polar surface area (TPSA) is 103 Å². The summed E-state index contributed by atoms with van der Waals surface area (Å²) in [6.07, 6.45) is 0.484. The number of amides is 1.